The molecule has 0 spiro atoms. The van der Waals surface area contributed by atoms with Crippen LogP contribution in [0.2, 0.25) is 0 Å². The first-order valence-electron chi connectivity index (χ1n) is 4.68. The van der Waals surface area contributed by atoms with E-state index in [0.29, 0.717) is 18.4 Å². The largest absolute Gasteiger partial charge is 0.359 e. The Labute approximate surface area is 85.9 Å². The van der Waals surface area contributed by atoms with Crippen LogP contribution in [0.3, 0.4) is 0 Å². The Morgan fingerprint density at radius 1 is 1.38 bits per heavy atom. The van der Waals surface area contributed by atoms with Crippen LogP contribution in [0.4, 0.5) is 0 Å². The number of rotatable bonds is 2. The molecule has 0 aliphatic heterocycles. The molecule has 1 aliphatic rings. The summed E-state index contributed by atoms with van der Waals surface area (Å²) in [6.45, 7) is 0. The van der Waals surface area contributed by atoms with E-state index in [1.165, 1.54) is 0 Å². The first-order chi connectivity index (χ1) is 5.72. The molecule has 0 aromatic rings. The fraction of sp³-hybridized carbons (Fsp3) is 0.889. The van der Waals surface area contributed by atoms with Crippen LogP contribution in [-0.2, 0) is 4.79 Å². The SMILES string of the molecule is CNC(=O)CC1CCC(N)CC1.Cl. The zero-order valence-electron chi connectivity index (χ0n) is 8.08. The zero-order valence-corrected chi connectivity index (χ0v) is 8.90. The van der Waals surface area contributed by atoms with Gasteiger partial charge in [0.2, 0.25) is 5.91 Å². The van der Waals surface area contributed by atoms with Crippen molar-refractivity contribution in [3.05, 3.63) is 0 Å². The molecule has 1 fully saturated rings. The molecule has 0 atom stereocenters. The summed E-state index contributed by atoms with van der Waals surface area (Å²) in [4.78, 5) is 11.0. The topological polar surface area (TPSA) is 55.1 Å². The molecule has 0 aromatic heterocycles. The molecule has 3 N–H and O–H groups in total. The maximum Gasteiger partial charge on any atom is 0.220 e. The van der Waals surface area contributed by atoms with Crippen molar-refractivity contribution in [2.24, 2.45) is 11.7 Å². The van der Waals surface area contributed by atoms with Gasteiger partial charge in [-0.2, -0.15) is 0 Å². The highest BCUT2D eigenvalue weighted by Gasteiger charge is 2.20. The minimum atomic E-state index is 0. The molecule has 13 heavy (non-hydrogen) atoms. The Morgan fingerprint density at radius 2 is 1.92 bits per heavy atom. The van der Waals surface area contributed by atoms with Crippen molar-refractivity contribution in [1.29, 1.82) is 0 Å². The first-order valence-corrected chi connectivity index (χ1v) is 4.68. The second-order valence-corrected chi connectivity index (χ2v) is 3.66. The molecule has 0 saturated heterocycles. The van der Waals surface area contributed by atoms with Crippen molar-refractivity contribution < 1.29 is 4.79 Å². The van der Waals surface area contributed by atoms with Crippen LogP contribution >= 0.6 is 12.4 Å². The van der Waals surface area contributed by atoms with Gasteiger partial charge < -0.3 is 11.1 Å². The summed E-state index contributed by atoms with van der Waals surface area (Å²) in [5.41, 5.74) is 5.76. The fourth-order valence-electron chi connectivity index (χ4n) is 1.76. The molecule has 0 unspecified atom stereocenters. The Hall–Kier alpha value is -0.280. The van der Waals surface area contributed by atoms with Gasteiger partial charge in [0, 0.05) is 19.5 Å². The van der Waals surface area contributed by atoms with E-state index in [4.69, 9.17) is 5.73 Å². The number of nitrogens with one attached hydrogen (secondary N) is 1. The molecule has 78 valence electrons. The van der Waals surface area contributed by atoms with Crippen LogP contribution < -0.4 is 11.1 Å². The molecule has 1 rings (SSSR count). The third-order valence-electron chi connectivity index (χ3n) is 2.64. The average Bonchev–Trinajstić information content (AvgIpc) is 2.09. The Balaban J connectivity index is 0.00000144. The Morgan fingerprint density at radius 3 is 2.38 bits per heavy atom. The van der Waals surface area contributed by atoms with Gasteiger partial charge in [-0.15, -0.1) is 12.4 Å². The molecule has 0 radical (unpaired) electrons. The van der Waals surface area contributed by atoms with Gasteiger partial charge in [0.05, 0.1) is 0 Å². The molecule has 0 bridgehead atoms. The number of halogens is 1. The Bertz CT molecular complexity index is 156. The van der Waals surface area contributed by atoms with Crippen LogP contribution in [0.25, 0.3) is 0 Å². The lowest BCUT2D eigenvalue weighted by Crippen LogP contribution is -2.29. The average molecular weight is 207 g/mol. The normalized spacial score (nSPS) is 27.5. The molecule has 0 heterocycles. The summed E-state index contributed by atoms with van der Waals surface area (Å²) in [6, 6.07) is 0.380. The van der Waals surface area contributed by atoms with Gasteiger partial charge in [-0.3, -0.25) is 4.79 Å². The van der Waals surface area contributed by atoms with E-state index >= 15 is 0 Å². The lowest BCUT2D eigenvalue weighted by atomic mass is 9.84. The van der Waals surface area contributed by atoms with E-state index in [2.05, 4.69) is 5.32 Å². The second-order valence-electron chi connectivity index (χ2n) is 3.66. The van der Waals surface area contributed by atoms with Gasteiger partial charge >= 0.3 is 0 Å². The summed E-state index contributed by atoms with van der Waals surface area (Å²) in [7, 11) is 1.69. The highest BCUT2D eigenvalue weighted by Crippen LogP contribution is 2.25. The van der Waals surface area contributed by atoms with Crippen molar-refractivity contribution >= 4 is 18.3 Å². The van der Waals surface area contributed by atoms with E-state index in [1.807, 2.05) is 0 Å². The maximum atomic E-state index is 11.0. The van der Waals surface area contributed by atoms with Gasteiger partial charge in [-0.25, -0.2) is 0 Å². The van der Waals surface area contributed by atoms with Crippen LogP contribution in [0, 0.1) is 5.92 Å². The molecule has 4 heteroatoms. The number of amides is 1. The van der Waals surface area contributed by atoms with E-state index < -0.39 is 0 Å². The van der Waals surface area contributed by atoms with Crippen molar-refractivity contribution in [3.63, 3.8) is 0 Å². The Kier molecular flexibility index (Phi) is 6.08. The van der Waals surface area contributed by atoms with E-state index in [9.17, 15) is 4.79 Å². The molecule has 1 aliphatic carbocycles. The third kappa shape index (κ3) is 4.48. The van der Waals surface area contributed by atoms with Gasteiger partial charge in [0.25, 0.3) is 0 Å². The predicted molar refractivity (Wildman–Crippen MR) is 55.9 cm³/mol. The molecule has 1 saturated carbocycles. The van der Waals surface area contributed by atoms with Gasteiger partial charge in [0.1, 0.15) is 0 Å². The predicted octanol–water partition coefficient (Wildman–Crippen LogP) is 1.06. The smallest absolute Gasteiger partial charge is 0.220 e. The molecule has 1 amide bonds. The first kappa shape index (κ1) is 12.7. The van der Waals surface area contributed by atoms with Gasteiger partial charge in [-0.1, -0.05) is 0 Å². The zero-order chi connectivity index (χ0) is 8.97. The monoisotopic (exact) mass is 206 g/mol. The molecule has 0 aromatic carbocycles. The molecule has 3 nitrogen and oxygen atoms in total. The third-order valence-corrected chi connectivity index (χ3v) is 2.64. The standard InChI is InChI=1S/C9H18N2O.ClH/c1-11-9(12)6-7-2-4-8(10)5-3-7;/h7-8H,2-6,10H2,1H3,(H,11,12);1H. The van der Waals surface area contributed by atoms with E-state index in [0.717, 1.165) is 25.7 Å². The summed E-state index contributed by atoms with van der Waals surface area (Å²) >= 11 is 0. The minimum Gasteiger partial charge on any atom is -0.359 e. The summed E-state index contributed by atoms with van der Waals surface area (Å²) in [5, 5.41) is 2.65. The number of carbonyl (C=O) groups is 1. The van der Waals surface area contributed by atoms with Crippen LogP contribution in [0.1, 0.15) is 32.1 Å². The highest BCUT2D eigenvalue weighted by molar-refractivity contribution is 5.85. The van der Waals surface area contributed by atoms with Crippen molar-refractivity contribution in [2.45, 2.75) is 38.1 Å². The van der Waals surface area contributed by atoms with Crippen LogP contribution in [0.5, 0.6) is 0 Å². The van der Waals surface area contributed by atoms with Gasteiger partial charge in [0.15, 0.2) is 0 Å². The van der Waals surface area contributed by atoms with E-state index in [-0.39, 0.29) is 18.3 Å². The number of hydrogen-bond acceptors (Lipinski definition) is 2. The van der Waals surface area contributed by atoms with E-state index in [1.54, 1.807) is 7.05 Å². The summed E-state index contributed by atoms with van der Waals surface area (Å²) in [5.74, 6) is 0.736. The highest BCUT2D eigenvalue weighted by atomic mass is 35.5. The number of carbonyl (C=O) groups excluding carboxylic acids is 1. The number of hydrogen-bond donors (Lipinski definition) is 2. The lowest BCUT2D eigenvalue weighted by molar-refractivity contribution is -0.121. The van der Waals surface area contributed by atoms with Crippen molar-refractivity contribution in [3.8, 4) is 0 Å². The lowest BCUT2D eigenvalue weighted by Gasteiger charge is -2.25. The molecular weight excluding hydrogens is 188 g/mol. The molecular formula is C9H19ClN2O. The minimum absolute atomic E-state index is 0. The maximum absolute atomic E-state index is 11.0. The van der Waals surface area contributed by atoms with Crippen molar-refractivity contribution in [2.75, 3.05) is 7.05 Å². The fourth-order valence-corrected chi connectivity index (χ4v) is 1.76. The second kappa shape index (κ2) is 6.22. The number of nitrogens with two attached hydrogens (primary N) is 1. The summed E-state index contributed by atoms with van der Waals surface area (Å²) < 4.78 is 0. The summed E-state index contributed by atoms with van der Waals surface area (Å²) in [6.07, 6.45) is 5.09. The van der Waals surface area contributed by atoms with Crippen molar-refractivity contribution in [1.82, 2.24) is 5.32 Å². The van der Waals surface area contributed by atoms with Crippen LogP contribution in [-0.4, -0.2) is 19.0 Å². The van der Waals surface area contributed by atoms with Crippen LogP contribution in [0.15, 0.2) is 0 Å². The van der Waals surface area contributed by atoms with Gasteiger partial charge in [-0.05, 0) is 31.6 Å². The quantitative estimate of drug-likeness (QED) is 0.710.